The van der Waals surface area contributed by atoms with Gasteiger partial charge in [-0.1, -0.05) is 12.1 Å². The van der Waals surface area contributed by atoms with Crippen LogP contribution in [-0.4, -0.2) is 74.5 Å². The second-order valence-corrected chi connectivity index (χ2v) is 11.9. The second-order valence-electron chi connectivity index (χ2n) is 10.9. The molecule has 3 aromatic rings. The number of piperazine rings is 1. The molecule has 0 radical (unpaired) electrons. The first-order valence-corrected chi connectivity index (χ1v) is 15.7. The highest BCUT2D eigenvalue weighted by Gasteiger charge is 2.35. The van der Waals surface area contributed by atoms with Gasteiger partial charge >= 0.3 is 6.18 Å². The number of carbonyl (C=O) groups excluding carboxylic acids is 1. The summed E-state index contributed by atoms with van der Waals surface area (Å²) in [6.07, 6.45) is 1.35. The number of thioether (sulfide) groups is 1. The van der Waals surface area contributed by atoms with Gasteiger partial charge in [0.2, 0.25) is 5.91 Å². The molecule has 2 aliphatic rings. The van der Waals surface area contributed by atoms with E-state index in [2.05, 4.69) is 15.6 Å². The van der Waals surface area contributed by atoms with Gasteiger partial charge in [0.1, 0.15) is 5.75 Å². The number of piperidine rings is 1. The van der Waals surface area contributed by atoms with Gasteiger partial charge in [0.25, 0.3) is 0 Å². The van der Waals surface area contributed by atoms with E-state index in [1.807, 2.05) is 59.4 Å². The number of alkyl halides is 3. The molecule has 7 nitrogen and oxygen atoms in total. The third-order valence-corrected chi connectivity index (χ3v) is 9.36. The standard InChI is InChI=1S/C32H38F3N5O2S/c1-42-26-5-2-24(3-6-26)27-21-37-12-8-30(27)43-22-23-10-16-40(17-11-23)31(41)9-13-38-25-4-7-29(28(20-25)32(33,34)35)39-18-14-36-15-19-39/h2-8,12,20-21,23,36,38H,9-11,13-19,22H2,1H3. The Morgan fingerprint density at radius 3 is 2.51 bits per heavy atom. The Labute approximate surface area is 255 Å². The van der Waals surface area contributed by atoms with E-state index in [9.17, 15) is 18.0 Å². The number of amides is 1. The zero-order valence-electron chi connectivity index (χ0n) is 24.3. The van der Waals surface area contributed by atoms with Crippen LogP contribution < -0.4 is 20.3 Å². The summed E-state index contributed by atoms with van der Waals surface area (Å²) in [6, 6.07) is 14.4. The van der Waals surface area contributed by atoms with Gasteiger partial charge in [-0.2, -0.15) is 13.2 Å². The molecule has 1 aromatic heterocycles. The molecule has 2 fully saturated rings. The predicted octanol–water partition coefficient (Wildman–Crippen LogP) is 6.02. The molecule has 11 heteroatoms. The summed E-state index contributed by atoms with van der Waals surface area (Å²) in [4.78, 5) is 22.0. The summed E-state index contributed by atoms with van der Waals surface area (Å²) in [5.74, 6) is 2.30. The topological polar surface area (TPSA) is 69.7 Å². The smallest absolute Gasteiger partial charge is 0.418 e. The Bertz CT molecular complexity index is 1360. The van der Waals surface area contributed by atoms with Crippen molar-refractivity contribution in [2.45, 2.75) is 30.3 Å². The van der Waals surface area contributed by atoms with Crippen molar-refractivity contribution in [2.24, 2.45) is 5.92 Å². The number of anilines is 2. The molecule has 0 unspecified atom stereocenters. The average Bonchev–Trinajstić information content (AvgIpc) is 3.04. The molecule has 0 aliphatic carbocycles. The minimum Gasteiger partial charge on any atom is -0.497 e. The number of aromatic nitrogens is 1. The molecule has 5 rings (SSSR count). The maximum absolute atomic E-state index is 13.8. The molecule has 3 heterocycles. The molecule has 230 valence electrons. The molecule has 1 amide bonds. The van der Waals surface area contributed by atoms with E-state index in [0.29, 0.717) is 50.9 Å². The molecule has 2 saturated heterocycles. The molecule has 0 atom stereocenters. The van der Waals surface area contributed by atoms with Crippen molar-refractivity contribution in [3.05, 3.63) is 66.5 Å². The lowest BCUT2D eigenvalue weighted by Gasteiger charge is -2.32. The van der Waals surface area contributed by atoms with Crippen LogP contribution in [0, 0.1) is 5.92 Å². The first kappa shape index (κ1) is 31.0. The number of hydrogen-bond donors (Lipinski definition) is 2. The van der Waals surface area contributed by atoms with Crippen molar-refractivity contribution in [3.8, 4) is 16.9 Å². The van der Waals surface area contributed by atoms with Gasteiger partial charge in [0, 0.05) is 92.2 Å². The highest BCUT2D eigenvalue weighted by molar-refractivity contribution is 7.99. The van der Waals surface area contributed by atoms with Crippen LogP contribution in [0.5, 0.6) is 5.75 Å². The van der Waals surface area contributed by atoms with E-state index in [0.717, 1.165) is 41.5 Å². The number of nitrogens with one attached hydrogen (secondary N) is 2. The Morgan fingerprint density at radius 1 is 1.07 bits per heavy atom. The fourth-order valence-corrected chi connectivity index (χ4v) is 6.81. The molecule has 43 heavy (non-hydrogen) atoms. The zero-order chi connectivity index (χ0) is 30.2. The maximum Gasteiger partial charge on any atom is 0.418 e. The number of halogens is 3. The van der Waals surface area contributed by atoms with Crippen molar-refractivity contribution >= 4 is 29.0 Å². The molecule has 2 aliphatic heterocycles. The van der Waals surface area contributed by atoms with E-state index in [4.69, 9.17) is 4.74 Å². The van der Waals surface area contributed by atoms with E-state index < -0.39 is 11.7 Å². The Morgan fingerprint density at radius 2 is 1.81 bits per heavy atom. The predicted molar refractivity (Wildman–Crippen MR) is 166 cm³/mol. The van der Waals surface area contributed by atoms with Crippen molar-refractivity contribution in [1.29, 1.82) is 0 Å². The van der Waals surface area contributed by atoms with Crippen molar-refractivity contribution in [2.75, 3.05) is 68.9 Å². The number of hydrogen-bond acceptors (Lipinski definition) is 7. The first-order chi connectivity index (χ1) is 20.8. The molecule has 0 bridgehead atoms. The van der Waals surface area contributed by atoms with Gasteiger partial charge in [0.15, 0.2) is 0 Å². The number of carbonyl (C=O) groups is 1. The Balaban J connectivity index is 1.08. The maximum atomic E-state index is 13.8. The summed E-state index contributed by atoms with van der Waals surface area (Å²) in [5.41, 5.74) is 2.12. The molecule has 2 aromatic carbocycles. The monoisotopic (exact) mass is 613 g/mol. The summed E-state index contributed by atoms with van der Waals surface area (Å²) < 4.78 is 46.8. The highest BCUT2D eigenvalue weighted by atomic mass is 32.2. The second kappa shape index (κ2) is 14.4. The van der Waals surface area contributed by atoms with Crippen molar-refractivity contribution < 1.29 is 22.7 Å². The van der Waals surface area contributed by atoms with Gasteiger partial charge in [-0.05, 0) is 60.7 Å². The molecular weight excluding hydrogens is 575 g/mol. The fourth-order valence-electron chi connectivity index (χ4n) is 5.58. The van der Waals surface area contributed by atoms with Crippen LogP contribution in [0.2, 0.25) is 0 Å². The summed E-state index contributed by atoms with van der Waals surface area (Å²) in [7, 11) is 1.65. The van der Waals surface area contributed by atoms with Gasteiger partial charge < -0.3 is 25.2 Å². The third kappa shape index (κ3) is 8.14. The lowest BCUT2D eigenvalue weighted by atomic mass is 9.99. The number of nitrogens with zero attached hydrogens (tertiary/aromatic N) is 3. The highest BCUT2D eigenvalue weighted by Crippen LogP contribution is 2.39. The number of rotatable bonds is 10. The molecule has 0 saturated carbocycles. The number of methoxy groups -OCH3 is 1. The quantitative estimate of drug-likeness (QED) is 0.271. The van der Waals surface area contributed by atoms with Gasteiger partial charge in [0.05, 0.1) is 12.7 Å². The first-order valence-electron chi connectivity index (χ1n) is 14.7. The normalized spacial score (nSPS) is 16.3. The Kier molecular flexibility index (Phi) is 10.3. The number of benzene rings is 2. The van der Waals surface area contributed by atoms with Gasteiger partial charge in [-0.15, -0.1) is 11.8 Å². The number of likely N-dealkylation sites (tertiary alicyclic amines) is 1. The summed E-state index contributed by atoms with van der Waals surface area (Å²) in [5, 5.41) is 6.20. The van der Waals surface area contributed by atoms with Gasteiger partial charge in [-0.25, -0.2) is 0 Å². The summed E-state index contributed by atoms with van der Waals surface area (Å²) >= 11 is 1.82. The summed E-state index contributed by atoms with van der Waals surface area (Å²) in [6.45, 7) is 4.07. The lowest BCUT2D eigenvalue weighted by Crippen LogP contribution is -2.44. The van der Waals surface area contributed by atoms with Crippen LogP contribution in [0.4, 0.5) is 24.5 Å². The van der Waals surface area contributed by atoms with Crippen LogP contribution in [0.25, 0.3) is 11.1 Å². The third-order valence-electron chi connectivity index (χ3n) is 8.05. The Hall–Kier alpha value is -3.44. The molecule has 2 N–H and O–H groups in total. The van der Waals surface area contributed by atoms with Crippen LogP contribution in [-0.2, 0) is 11.0 Å². The van der Waals surface area contributed by atoms with E-state index >= 15 is 0 Å². The fraction of sp³-hybridized carbons (Fsp3) is 0.438. The molecular formula is C32H38F3N5O2S. The van der Waals surface area contributed by atoms with Crippen molar-refractivity contribution in [3.63, 3.8) is 0 Å². The van der Waals surface area contributed by atoms with Crippen LogP contribution in [0.3, 0.4) is 0 Å². The minimum absolute atomic E-state index is 0.0306. The van der Waals surface area contributed by atoms with Crippen LogP contribution in [0.15, 0.2) is 65.8 Å². The SMILES string of the molecule is COc1ccc(-c2cnccc2SCC2CCN(C(=O)CCNc3ccc(N4CCNCC4)c(C(F)(F)F)c3)CC2)cc1. The van der Waals surface area contributed by atoms with E-state index in [1.165, 1.54) is 11.0 Å². The van der Waals surface area contributed by atoms with Crippen molar-refractivity contribution in [1.82, 2.24) is 15.2 Å². The minimum atomic E-state index is -4.45. The number of ether oxygens (including phenoxy) is 1. The van der Waals surface area contributed by atoms with E-state index in [1.54, 1.807) is 18.1 Å². The lowest BCUT2D eigenvalue weighted by molar-refractivity contribution is -0.137. The largest absolute Gasteiger partial charge is 0.497 e. The molecule has 0 spiro atoms. The number of pyridine rings is 1. The van der Waals surface area contributed by atoms with Crippen LogP contribution in [0.1, 0.15) is 24.8 Å². The van der Waals surface area contributed by atoms with Gasteiger partial charge in [-0.3, -0.25) is 9.78 Å². The van der Waals surface area contributed by atoms with E-state index in [-0.39, 0.29) is 24.6 Å². The zero-order valence-corrected chi connectivity index (χ0v) is 25.1. The average molecular weight is 614 g/mol. The van der Waals surface area contributed by atoms with Crippen LogP contribution >= 0.6 is 11.8 Å².